The van der Waals surface area contributed by atoms with Gasteiger partial charge in [-0.3, -0.25) is 9.89 Å². The third-order valence-corrected chi connectivity index (χ3v) is 6.07. The van der Waals surface area contributed by atoms with E-state index in [4.69, 9.17) is 4.74 Å². The van der Waals surface area contributed by atoms with E-state index in [2.05, 4.69) is 31.9 Å². The van der Waals surface area contributed by atoms with Crippen LogP contribution in [0.1, 0.15) is 27.3 Å². The predicted molar refractivity (Wildman–Crippen MR) is 123 cm³/mol. The lowest BCUT2D eigenvalue weighted by Gasteiger charge is -2.09. The van der Waals surface area contributed by atoms with Gasteiger partial charge < -0.3 is 9.30 Å². The molecule has 158 valence electrons. The molecule has 2 heterocycles. The number of aryl methyl sites for hydroxylation is 1. The summed E-state index contributed by atoms with van der Waals surface area (Å²) in [6.45, 7) is 4.80. The smallest absolute Gasteiger partial charge is 0.209 e. The van der Waals surface area contributed by atoms with Crippen LogP contribution < -0.4 is 4.74 Å². The first-order chi connectivity index (χ1) is 15.0. The lowest BCUT2D eigenvalue weighted by atomic mass is 10.2. The van der Waals surface area contributed by atoms with Crippen molar-refractivity contribution in [2.45, 2.75) is 25.5 Å². The molecule has 0 saturated carbocycles. The molecule has 6 nitrogen and oxygen atoms in total. The number of aromatic nitrogens is 4. The molecule has 0 aliphatic rings. The summed E-state index contributed by atoms with van der Waals surface area (Å²) in [7, 11) is 1.63. The van der Waals surface area contributed by atoms with Crippen LogP contribution in [0.15, 0.2) is 65.8 Å². The molecule has 0 spiro atoms. The van der Waals surface area contributed by atoms with E-state index in [-0.39, 0.29) is 11.5 Å². The summed E-state index contributed by atoms with van der Waals surface area (Å²) < 4.78 is 7.36. The van der Waals surface area contributed by atoms with Crippen molar-refractivity contribution in [3.8, 4) is 17.1 Å². The van der Waals surface area contributed by atoms with Gasteiger partial charge in [0.15, 0.2) is 11.6 Å². The maximum atomic E-state index is 12.9. The van der Waals surface area contributed by atoms with Gasteiger partial charge in [0, 0.05) is 29.1 Å². The third kappa shape index (κ3) is 4.72. The maximum Gasteiger partial charge on any atom is 0.209 e. The molecule has 7 heteroatoms. The Bertz CT molecular complexity index is 1180. The van der Waals surface area contributed by atoms with Crippen LogP contribution in [-0.2, 0) is 6.54 Å². The topological polar surface area (TPSA) is 72.8 Å². The minimum Gasteiger partial charge on any atom is -0.497 e. The lowest BCUT2D eigenvalue weighted by molar-refractivity contribution is 0.102. The predicted octanol–water partition coefficient (Wildman–Crippen LogP) is 4.92. The van der Waals surface area contributed by atoms with Crippen molar-refractivity contribution in [1.29, 1.82) is 0 Å². The molecule has 0 amide bonds. The zero-order chi connectivity index (χ0) is 21.8. The number of methoxy groups -OCH3 is 1. The number of Topliss-reactive ketones (excluding diaryl/α,β-unsaturated/α-hetero) is 1. The molecule has 0 atom stereocenters. The fraction of sp³-hybridized carbons (Fsp3) is 0.208. The molecule has 4 rings (SSSR count). The lowest BCUT2D eigenvalue weighted by Crippen LogP contribution is -2.07. The van der Waals surface area contributed by atoms with Crippen molar-refractivity contribution in [3.05, 3.63) is 83.2 Å². The Kier molecular flexibility index (Phi) is 6.23. The molecule has 2 aromatic carbocycles. The molecular formula is C24H24N4O2S. The van der Waals surface area contributed by atoms with Crippen molar-refractivity contribution in [1.82, 2.24) is 19.7 Å². The molecule has 0 aliphatic carbocycles. The van der Waals surface area contributed by atoms with E-state index in [9.17, 15) is 4.79 Å². The average molecular weight is 433 g/mol. The van der Waals surface area contributed by atoms with Gasteiger partial charge in [-0.2, -0.15) is 0 Å². The number of carbonyl (C=O) groups excluding carboxylic acids is 1. The Morgan fingerprint density at radius 3 is 2.55 bits per heavy atom. The number of thioether (sulfide) groups is 1. The molecule has 0 unspecified atom stereocenters. The van der Waals surface area contributed by atoms with Crippen molar-refractivity contribution in [2.75, 3.05) is 12.9 Å². The highest BCUT2D eigenvalue weighted by molar-refractivity contribution is 7.99. The summed E-state index contributed by atoms with van der Waals surface area (Å²) in [6.07, 6.45) is 0. The van der Waals surface area contributed by atoms with Gasteiger partial charge in [-0.15, -0.1) is 5.10 Å². The molecule has 4 aromatic rings. The maximum absolute atomic E-state index is 12.9. The molecule has 0 radical (unpaired) electrons. The molecule has 0 fully saturated rings. The van der Waals surface area contributed by atoms with Crippen molar-refractivity contribution in [3.63, 3.8) is 0 Å². The number of hydrogen-bond donors (Lipinski definition) is 1. The third-order valence-electron chi connectivity index (χ3n) is 5.22. The molecule has 2 aromatic heterocycles. The second-order valence-electron chi connectivity index (χ2n) is 7.26. The van der Waals surface area contributed by atoms with E-state index in [1.807, 2.05) is 62.4 Å². The molecule has 1 N–H and O–H groups in total. The summed E-state index contributed by atoms with van der Waals surface area (Å²) >= 11 is 1.34. The van der Waals surface area contributed by atoms with Gasteiger partial charge >= 0.3 is 0 Å². The molecule has 0 saturated heterocycles. The largest absolute Gasteiger partial charge is 0.497 e. The highest BCUT2D eigenvalue weighted by atomic mass is 32.2. The number of aromatic amines is 1. The Hall–Kier alpha value is -3.32. The highest BCUT2D eigenvalue weighted by Crippen LogP contribution is 2.24. The van der Waals surface area contributed by atoms with Gasteiger partial charge in [-0.05, 0) is 49.7 Å². The fourth-order valence-electron chi connectivity index (χ4n) is 3.49. The van der Waals surface area contributed by atoms with Crippen LogP contribution in [0.25, 0.3) is 11.4 Å². The van der Waals surface area contributed by atoms with Gasteiger partial charge in [0.25, 0.3) is 0 Å². The van der Waals surface area contributed by atoms with Crippen LogP contribution >= 0.6 is 11.8 Å². The minimum absolute atomic E-state index is 0.0770. The molecule has 0 bridgehead atoms. The number of hydrogen-bond acceptors (Lipinski definition) is 5. The average Bonchev–Trinajstić information content (AvgIpc) is 3.38. The van der Waals surface area contributed by atoms with Crippen molar-refractivity contribution >= 4 is 17.5 Å². The Morgan fingerprint density at radius 1 is 1.10 bits per heavy atom. The van der Waals surface area contributed by atoms with E-state index in [0.29, 0.717) is 11.0 Å². The van der Waals surface area contributed by atoms with Gasteiger partial charge in [0.05, 0.1) is 12.9 Å². The van der Waals surface area contributed by atoms with E-state index < -0.39 is 0 Å². The van der Waals surface area contributed by atoms with Crippen LogP contribution in [0.4, 0.5) is 0 Å². The number of ketones is 1. The van der Waals surface area contributed by atoms with E-state index in [1.165, 1.54) is 17.3 Å². The van der Waals surface area contributed by atoms with Crippen LogP contribution in [0, 0.1) is 13.8 Å². The summed E-state index contributed by atoms with van der Waals surface area (Å²) in [4.78, 5) is 17.4. The molecular weight excluding hydrogens is 408 g/mol. The van der Waals surface area contributed by atoms with E-state index in [1.54, 1.807) is 7.11 Å². The first kappa shape index (κ1) is 20.9. The second-order valence-corrected chi connectivity index (χ2v) is 8.21. The number of nitrogens with zero attached hydrogens (tertiary/aromatic N) is 3. The fourth-order valence-corrected chi connectivity index (χ4v) is 4.17. The quantitative estimate of drug-likeness (QED) is 0.316. The number of ether oxygens (including phenoxy) is 1. The summed E-state index contributed by atoms with van der Waals surface area (Å²) in [6, 6.07) is 19.8. The summed E-state index contributed by atoms with van der Waals surface area (Å²) in [5.41, 5.74) is 4.95. The number of rotatable bonds is 8. The summed E-state index contributed by atoms with van der Waals surface area (Å²) in [5, 5.41) is 7.73. The zero-order valence-electron chi connectivity index (χ0n) is 17.8. The second kappa shape index (κ2) is 9.22. The monoisotopic (exact) mass is 432 g/mol. The van der Waals surface area contributed by atoms with Crippen molar-refractivity contribution < 1.29 is 9.53 Å². The van der Waals surface area contributed by atoms with Crippen LogP contribution in [0.2, 0.25) is 0 Å². The minimum atomic E-state index is 0.0770. The van der Waals surface area contributed by atoms with Gasteiger partial charge in [-0.1, -0.05) is 42.1 Å². The van der Waals surface area contributed by atoms with E-state index >= 15 is 0 Å². The number of nitrogens with one attached hydrogen (secondary N) is 1. The van der Waals surface area contributed by atoms with Gasteiger partial charge in [0.2, 0.25) is 5.16 Å². The van der Waals surface area contributed by atoms with Gasteiger partial charge in [0.1, 0.15) is 5.75 Å². The van der Waals surface area contributed by atoms with Crippen molar-refractivity contribution in [2.24, 2.45) is 0 Å². The SMILES string of the molecule is COc1ccc(-c2nc(SCC(=O)c3cc(C)n(Cc4ccccc4)c3C)n[nH]2)cc1. The summed E-state index contributed by atoms with van der Waals surface area (Å²) in [5.74, 6) is 1.82. The standard InChI is InChI=1S/C24H24N4O2S/c1-16-13-21(17(2)28(16)14-18-7-5-4-6-8-18)22(29)15-31-24-25-23(26-27-24)19-9-11-20(30-3)12-10-19/h4-13H,14-15H2,1-3H3,(H,25,26,27). The molecule has 0 aliphatic heterocycles. The first-order valence-electron chi connectivity index (χ1n) is 9.98. The van der Waals surface area contributed by atoms with Crippen LogP contribution in [-0.4, -0.2) is 38.4 Å². The van der Waals surface area contributed by atoms with Gasteiger partial charge in [-0.25, -0.2) is 4.98 Å². The van der Waals surface area contributed by atoms with Crippen LogP contribution in [0.3, 0.4) is 0 Å². The van der Waals surface area contributed by atoms with Crippen LogP contribution in [0.5, 0.6) is 5.75 Å². The Balaban J connectivity index is 1.42. The Labute approximate surface area is 185 Å². The highest BCUT2D eigenvalue weighted by Gasteiger charge is 2.17. The number of carbonyl (C=O) groups is 1. The molecule has 31 heavy (non-hydrogen) atoms. The number of benzene rings is 2. The first-order valence-corrected chi connectivity index (χ1v) is 11.0. The van der Waals surface area contributed by atoms with E-state index in [0.717, 1.165) is 34.8 Å². The normalized spacial score (nSPS) is 10.9. The Morgan fingerprint density at radius 2 is 1.84 bits per heavy atom. The number of H-pyrrole nitrogens is 1. The zero-order valence-corrected chi connectivity index (χ0v) is 18.6.